The molecule has 1 aliphatic rings. The van der Waals surface area contributed by atoms with Crippen molar-refractivity contribution in [3.8, 4) is 17.2 Å². The van der Waals surface area contributed by atoms with Crippen molar-refractivity contribution in [2.75, 3.05) is 27.3 Å². The third-order valence-electron chi connectivity index (χ3n) is 4.33. The summed E-state index contributed by atoms with van der Waals surface area (Å²) < 4.78 is 55.4. The van der Waals surface area contributed by atoms with E-state index in [9.17, 15) is 13.2 Å². The van der Waals surface area contributed by atoms with E-state index >= 15 is 0 Å². The highest BCUT2D eigenvalue weighted by atomic mass is 19.4. The Hall–Kier alpha value is -2.41. The summed E-state index contributed by atoms with van der Waals surface area (Å²) in [5.74, 6) is 1.35. The molecule has 3 rings (SSSR count). The molecule has 0 amide bonds. The lowest BCUT2D eigenvalue weighted by Gasteiger charge is -2.22. The number of ether oxygens (including phenoxy) is 3. The molecule has 2 aromatic rings. The van der Waals surface area contributed by atoms with Crippen LogP contribution < -0.4 is 19.5 Å². The van der Waals surface area contributed by atoms with Gasteiger partial charge in [-0.25, -0.2) is 0 Å². The Kier molecular flexibility index (Phi) is 5.27. The topological polar surface area (TPSA) is 39.7 Å². The summed E-state index contributed by atoms with van der Waals surface area (Å²) in [6.07, 6.45) is -4.08. The van der Waals surface area contributed by atoms with Crippen LogP contribution in [0.25, 0.3) is 0 Å². The molecule has 1 heterocycles. The van der Waals surface area contributed by atoms with E-state index in [0.717, 1.165) is 36.2 Å². The smallest absolute Gasteiger partial charge is 0.416 e. The Morgan fingerprint density at radius 1 is 1.04 bits per heavy atom. The zero-order chi connectivity index (χ0) is 18.7. The molecule has 0 spiro atoms. The lowest BCUT2D eigenvalue weighted by molar-refractivity contribution is -0.137. The van der Waals surface area contributed by atoms with E-state index in [2.05, 4.69) is 5.32 Å². The van der Waals surface area contributed by atoms with Crippen molar-refractivity contribution in [1.29, 1.82) is 0 Å². The molecule has 2 aromatic carbocycles. The van der Waals surface area contributed by atoms with Crippen molar-refractivity contribution >= 4 is 0 Å². The number of hydrogen-bond acceptors (Lipinski definition) is 4. The molecule has 4 nitrogen and oxygen atoms in total. The van der Waals surface area contributed by atoms with Crippen LogP contribution in [0.1, 0.15) is 22.8 Å². The Bertz CT molecular complexity index is 777. The van der Waals surface area contributed by atoms with Crippen molar-refractivity contribution in [2.24, 2.45) is 0 Å². The summed E-state index contributed by atoms with van der Waals surface area (Å²) in [5.41, 5.74) is 1.17. The molecule has 1 atom stereocenters. The molecule has 140 valence electrons. The van der Waals surface area contributed by atoms with Crippen molar-refractivity contribution in [3.05, 3.63) is 53.1 Å². The second-order valence-electron chi connectivity index (χ2n) is 5.99. The first-order valence-corrected chi connectivity index (χ1v) is 8.22. The van der Waals surface area contributed by atoms with E-state index < -0.39 is 17.8 Å². The summed E-state index contributed by atoms with van der Waals surface area (Å²) in [7, 11) is 3.11. The van der Waals surface area contributed by atoms with Gasteiger partial charge in [0.2, 0.25) is 0 Å². The minimum atomic E-state index is -4.41. The number of benzene rings is 2. The molecule has 0 saturated heterocycles. The second-order valence-corrected chi connectivity index (χ2v) is 5.99. The van der Waals surface area contributed by atoms with Gasteiger partial charge < -0.3 is 19.5 Å². The first-order chi connectivity index (χ1) is 12.4. The van der Waals surface area contributed by atoms with Gasteiger partial charge >= 0.3 is 6.18 Å². The Morgan fingerprint density at radius 3 is 2.46 bits per heavy atom. The van der Waals surface area contributed by atoms with Gasteiger partial charge in [0.15, 0.2) is 11.5 Å². The predicted molar refractivity (Wildman–Crippen MR) is 90.9 cm³/mol. The number of rotatable bonds is 4. The molecule has 0 radical (unpaired) electrons. The molecule has 0 aliphatic carbocycles. The third kappa shape index (κ3) is 3.88. The van der Waals surface area contributed by atoms with Gasteiger partial charge in [-0.1, -0.05) is 6.07 Å². The van der Waals surface area contributed by atoms with E-state index in [1.54, 1.807) is 14.2 Å². The van der Waals surface area contributed by atoms with Gasteiger partial charge in [0.1, 0.15) is 11.9 Å². The maximum absolute atomic E-state index is 12.9. The largest absolute Gasteiger partial charge is 0.493 e. The number of hydrogen-bond donors (Lipinski definition) is 1. The van der Waals surface area contributed by atoms with Crippen LogP contribution in [0.2, 0.25) is 0 Å². The van der Waals surface area contributed by atoms with Crippen LogP contribution in [0.5, 0.6) is 17.2 Å². The number of alkyl halides is 3. The first kappa shape index (κ1) is 18.4. The molecular formula is C19H20F3NO3. The van der Waals surface area contributed by atoms with E-state index in [1.807, 2.05) is 12.1 Å². The van der Waals surface area contributed by atoms with Crippen LogP contribution in [-0.2, 0) is 12.6 Å². The summed E-state index contributed by atoms with van der Waals surface area (Å²) >= 11 is 0. The summed E-state index contributed by atoms with van der Waals surface area (Å²) in [4.78, 5) is 0. The van der Waals surface area contributed by atoms with E-state index in [1.165, 1.54) is 12.1 Å². The summed E-state index contributed by atoms with van der Waals surface area (Å²) in [6, 6.07) is 8.65. The number of fused-ring (bicyclic) bond motifs is 1. The zero-order valence-electron chi connectivity index (χ0n) is 14.5. The molecule has 0 saturated carbocycles. The SMILES string of the molecule is COc1cc2c(cc1OC)C(Oc1cccc(C(F)(F)F)c1)CNCC2. The van der Waals surface area contributed by atoms with Crippen molar-refractivity contribution in [2.45, 2.75) is 18.7 Å². The van der Waals surface area contributed by atoms with Gasteiger partial charge in [0.05, 0.1) is 19.8 Å². The highest BCUT2D eigenvalue weighted by Crippen LogP contribution is 2.37. The molecular weight excluding hydrogens is 347 g/mol. The monoisotopic (exact) mass is 367 g/mol. The second kappa shape index (κ2) is 7.45. The van der Waals surface area contributed by atoms with Crippen LogP contribution >= 0.6 is 0 Å². The maximum atomic E-state index is 12.9. The molecule has 7 heteroatoms. The van der Waals surface area contributed by atoms with E-state index in [0.29, 0.717) is 18.0 Å². The predicted octanol–water partition coefficient (Wildman–Crippen LogP) is 3.99. The average Bonchev–Trinajstić information content (AvgIpc) is 2.82. The third-order valence-corrected chi connectivity index (χ3v) is 4.33. The molecule has 26 heavy (non-hydrogen) atoms. The minimum Gasteiger partial charge on any atom is -0.493 e. The van der Waals surface area contributed by atoms with Gasteiger partial charge in [-0.05, 0) is 48.9 Å². The number of nitrogens with one attached hydrogen (secondary N) is 1. The Morgan fingerprint density at radius 2 is 1.77 bits per heavy atom. The minimum absolute atomic E-state index is 0.175. The van der Waals surface area contributed by atoms with Gasteiger partial charge in [-0.15, -0.1) is 0 Å². The Labute approximate surface area is 149 Å². The van der Waals surface area contributed by atoms with Crippen LogP contribution in [0, 0.1) is 0 Å². The molecule has 1 unspecified atom stereocenters. The van der Waals surface area contributed by atoms with Crippen LogP contribution in [0.3, 0.4) is 0 Å². The quantitative estimate of drug-likeness (QED) is 0.887. The Balaban J connectivity index is 1.95. The fraction of sp³-hybridized carbons (Fsp3) is 0.368. The molecule has 1 aliphatic heterocycles. The van der Waals surface area contributed by atoms with Crippen molar-refractivity contribution < 1.29 is 27.4 Å². The fourth-order valence-electron chi connectivity index (χ4n) is 3.03. The van der Waals surface area contributed by atoms with Crippen LogP contribution in [-0.4, -0.2) is 27.3 Å². The molecule has 0 fully saturated rings. The van der Waals surface area contributed by atoms with Gasteiger partial charge in [0, 0.05) is 12.1 Å². The fourth-order valence-corrected chi connectivity index (χ4v) is 3.03. The van der Waals surface area contributed by atoms with Gasteiger partial charge in [-0.2, -0.15) is 13.2 Å². The average molecular weight is 367 g/mol. The summed E-state index contributed by atoms with van der Waals surface area (Å²) in [5, 5.41) is 3.26. The summed E-state index contributed by atoms with van der Waals surface area (Å²) in [6.45, 7) is 1.23. The highest BCUT2D eigenvalue weighted by molar-refractivity contribution is 5.49. The van der Waals surface area contributed by atoms with Crippen molar-refractivity contribution in [1.82, 2.24) is 5.32 Å². The number of halogens is 3. The van der Waals surface area contributed by atoms with Gasteiger partial charge in [0.25, 0.3) is 0 Å². The lowest BCUT2D eigenvalue weighted by Crippen LogP contribution is -2.23. The normalized spacial score (nSPS) is 17.2. The zero-order valence-corrected chi connectivity index (χ0v) is 14.5. The van der Waals surface area contributed by atoms with Crippen LogP contribution in [0.15, 0.2) is 36.4 Å². The maximum Gasteiger partial charge on any atom is 0.416 e. The highest BCUT2D eigenvalue weighted by Gasteiger charge is 2.31. The lowest BCUT2D eigenvalue weighted by atomic mass is 10.00. The standard InChI is InChI=1S/C19H20F3NO3/c1-24-16-8-12-6-7-23-11-18(15(12)10-17(16)25-2)26-14-5-3-4-13(9-14)19(20,21)22/h3-5,8-10,18,23H,6-7,11H2,1-2H3. The van der Waals surface area contributed by atoms with Gasteiger partial charge in [-0.3, -0.25) is 0 Å². The molecule has 0 bridgehead atoms. The first-order valence-electron chi connectivity index (χ1n) is 8.22. The van der Waals surface area contributed by atoms with E-state index in [-0.39, 0.29) is 5.75 Å². The van der Waals surface area contributed by atoms with Crippen molar-refractivity contribution in [3.63, 3.8) is 0 Å². The number of methoxy groups -OCH3 is 2. The molecule has 1 N–H and O–H groups in total. The van der Waals surface area contributed by atoms with E-state index in [4.69, 9.17) is 14.2 Å². The molecule has 0 aromatic heterocycles. The van der Waals surface area contributed by atoms with Crippen LogP contribution in [0.4, 0.5) is 13.2 Å².